The molecule has 0 bridgehead atoms. The Labute approximate surface area is 172 Å². The summed E-state index contributed by atoms with van der Waals surface area (Å²) < 4.78 is 34.2. The molecule has 2 fully saturated rings. The lowest BCUT2D eigenvalue weighted by Gasteiger charge is -2.25. The molecule has 1 atom stereocenters. The minimum Gasteiger partial charge on any atom is -0.461 e. The number of rotatable bonds is 6. The Morgan fingerprint density at radius 2 is 1.83 bits per heavy atom. The topological polar surface area (TPSA) is 97.7 Å². The molecule has 1 aliphatic carbocycles. The van der Waals surface area contributed by atoms with Gasteiger partial charge in [-0.15, -0.1) is 0 Å². The quantitative estimate of drug-likeness (QED) is 0.557. The number of aryl methyl sites for hydroxylation is 1. The van der Waals surface area contributed by atoms with Crippen LogP contribution in [0.15, 0.2) is 17.2 Å². The minimum absolute atomic E-state index is 0.0113. The Morgan fingerprint density at radius 3 is 2.48 bits per heavy atom. The number of sulfonamides is 1. The molecule has 29 heavy (non-hydrogen) atoms. The highest BCUT2D eigenvalue weighted by Gasteiger charge is 2.40. The van der Waals surface area contributed by atoms with Crippen molar-refractivity contribution in [1.82, 2.24) is 14.2 Å². The second-order valence-corrected chi connectivity index (χ2v) is 9.75. The van der Waals surface area contributed by atoms with E-state index in [4.69, 9.17) is 4.74 Å². The predicted molar refractivity (Wildman–Crippen MR) is 108 cm³/mol. The third-order valence-corrected chi connectivity index (χ3v) is 7.65. The van der Waals surface area contributed by atoms with E-state index in [0.29, 0.717) is 19.4 Å². The van der Waals surface area contributed by atoms with Crippen molar-refractivity contribution in [2.45, 2.75) is 75.3 Å². The van der Waals surface area contributed by atoms with E-state index in [2.05, 4.69) is 5.32 Å². The van der Waals surface area contributed by atoms with Gasteiger partial charge in [0.05, 0.1) is 6.61 Å². The normalized spacial score (nSPS) is 21.7. The Balaban J connectivity index is 1.76. The molecule has 1 saturated carbocycles. The number of hydrogen-bond acceptors (Lipinski definition) is 5. The summed E-state index contributed by atoms with van der Waals surface area (Å²) in [5.74, 6) is -0.778. The second-order valence-electron chi connectivity index (χ2n) is 7.86. The first-order valence-corrected chi connectivity index (χ1v) is 11.9. The molecule has 2 aliphatic rings. The van der Waals surface area contributed by atoms with Crippen molar-refractivity contribution >= 4 is 21.9 Å². The zero-order valence-electron chi connectivity index (χ0n) is 17.2. The molecule has 3 rings (SSSR count). The summed E-state index contributed by atoms with van der Waals surface area (Å²) in [7, 11) is -2.28. The van der Waals surface area contributed by atoms with Gasteiger partial charge in [0, 0.05) is 25.8 Å². The number of carbonyl (C=O) groups excluding carboxylic acids is 2. The summed E-state index contributed by atoms with van der Waals surface area (Å²) in [6.07, 6.45) is 9.02. The molecule has 1 aromatic heterocycles. The number of aromatic nitrogens is 1. The number of nitrogens with one attached hydrogen (secondary N) is 1. The first-order valence-electron chi connectivity index (χ1n) is 10.5. The highest BCUT2D eigenvalue weighted by atomic mass is 32.2. The van der Waals surface area contributed by atoms with Crippen LogP contribution in [0.25, 0.3) is 0 Å². The molecule has 1 aliphatic heterocycles. The maximum Gasteiger partial charge on any atom is 0.354 e. The van der Waals surface area contributed by atoms with Crippen molar-refractivity contribution in [2.75, 3.05) is 13.2 Å². The number of esters is 1. The second kappa shape index (κ2) is 9.30. The van der Waals surface area contributed by atoms with Crippen molar-refractivity contribution in [2.24, 2.45) is 7.05 Å². The van der Waals surface area contributed by atoms with Gasteiger partial charge in [0.15, 0.2) is 0 Å². The van der Waals surface area contributed by atoms with Crippen LogP contribution in [0.3, 0.4) is 0 Å². The number of amides is 1. The first kappa shape index (κ1) is 21.8. The Bertz CT molecular complexity index is 840. The van der Waals surface area contributed by atoms with Crippen molar-refractivity contribution < 1.29 is 22.7 Å². The zero-order valence-corrected chi connectivity index (χ0v) is 18.0. The van der Waals surface area contributed by atoms with Crippen LogP contribution < -0.4 is 5.32 Å². The van der Waals surface area contributed by atoms with E-state index in [0.717, 1.165) is 25.7 Å². The molecule has 2 heterocycles. The van der Waals surface area contributed by atoms with E-state index < -0.39 is 22.0 Å². The molecule has 1 N–H and O–H groups in total. The SMILES string of the molecule is CCOC(=O)c1cc(S(=O)(=O)N2CCCC2C(=O)NC2CCCCCC2)cn1C. The van der Waals surface area contributed by atoms with Crippen LogP contribution >= 0.6 is 0 Å². The van der Waals surface area contributed by atoms with E-state index in [1.807, 2.05) is 0 Å². The molecular formula is C20H31N3O5S. The van der Waals surface area contributed by atoms with Gasteiger partial charge in [0.1, 0.15) is 16.6 Å². The van der Waals surface area contributed by atoms with Crippen LogP contribution in [-0.4, -0.2) is 54.4 Å². The lowest BCUT2D eigenvalue weighted by atomic mass is 10.1. The van der Waals surface area contributed by atoms with Gasteiger partial charge in [0.25, 0.3) is 0 Å². The van der Waals surface area contributed by atoms with E-state index in [9.17, 15) is 18.0 Å². The highest BCUT2D eigenvalue weighted by Crippen LogP contribution is 2.28. The van der Waals surface area contributed by atoms with Gasteiger partial charge < -0.3 is 14.6 Å². The Hall–Kier alpha value is -1.87. The van der Waals surface area contributed by atoms with Crippen molar-refractivity contribution in [3.8, 4) is 0 Å². The molecule has 9 heteroatoms. The Morgan fingerprint density at radius 1 is 1.14 bits per heavy atom. The molecule has 0 spiro atoms. The summed E-state index contributed by atoms with van der Waals surface area (Å²) in [6.45, 7) is 2.20. The molecule has 8 nitrogen and oxygen atoms in total. The van der Waals surface area contributed by atoms with Crippen molar-refractivity contribution in [3.05, 3.63) is 18.0 Å². The summed E-state index contributed by atoms with van der Waals surface area (Å²) >= 11 is 0. The predicted octanol–water partition coefficient (Wildman–Crippen LogP) is 2.19. The Kier molecular flexibility index (Phi) is 7.00. The molecule has 1 saturated heterocycles. The first-order chi connectivity index (χ1) is 13.8. The molecule has 0 radical (unpaired) electrons. The van der Waals surface area contributed by atoms with E-state index in [1.54, 1.807) is 14.0 Å². The largest absolute Gasteiger partial charge is 0.461 e. The van der Waals surface area contributed by atoms with Gasteiger partial charge >= 0.3 is 5.97 Å². The molecule has 162 valence electrons. The van der Waals surface area contributed by atoms with Gasteiger partial charge in [-0.1, -0.05) is 25.7 Å². The zero-order chi connectivity index (χ0) is 21.0. The fourth-order valence-electron chi connectivity index (χ4n) is 4.23. The number of ether oxygens (including phenoxy) is 1. The van der Waals surface area contributed by atoms with Crippen LogP contribution in [0.5, 0.6) is 0 Å². The van der Waals surface area contributed by atoms with Gasteiger partial charge in [-0.2, -0.15) is 4.31 Å². The van der Waals surface area contributed by atoms with Crippen molar-refractivity contribution in [3.63, 3.8) is 0 Å². The van der Waals surface area contributed by atoms with Gasteiger partial charge in [-0.05, 0) is 38.7 Å². The lowest BCUT2D eigenvalue weighted by molar-refractivity contribution is -0.125. The average Bonchev–Trinajstić information content (AvgIpc) is 3.25. The van der Waals surface area contributed by atoms with Gasteiger partial charge in [0.2, 0.25) is 15.9 Å². The van der Waals surface area contributed by atoms with Crippen molar-refractivity contribution in [1.29, 1.82) is 0 Å². The van der Waals surface area contributed by atoms with Crippen LogP contribution in [0.4, 0.5) is 0 Å². The van der Waals surface area contributed by atoms with Crippen LogP contribution in [-0.2, 0) is 26.6 Å². The third kappa shape index (κ3) is 4.83. The summed E-state index contributed by atoms with van der Waals surface area (Å²) in [6, 6.07) is 0.753. The highest BCUT2D eigenvalue weighted by molar-refractivity contribution is 7.89. The molecule has 1 amide bonds. The van der Waals surface area contributed by atoms with Crippen LogP contribution in [0.1, 0.15) is 68.8 Å². The van der Waals surface area contributed by atoms with E-state index >= 15 is 0 Å². The van der Waals surface area contributed by atoms with E-state index in [-0.39, 0.29) is 29.1 Å². The minimum atomic E-state index is -3.89. The number of nitrogens with zero attached hydrogens (tertiary/aromatic N) is 2. The molecule has 1 aromatic rings. The van der Waals surface area contributed by atoms with Gasteiger partial charge in [-0.3, -0.25) is 4.79 Å². The monoisotopic (exact) mass is 425 g/mol. The standard InChI is InChI=1S/C20H31N3O5S/c1-3-28-20(25)18-13-16(14-22(18)2)29(26,27)23-12-8-11-17(23)19(24)21-15-9-6-4-5-7-10-15/h13-15,17H,3-12H2,1-2H3,(H,21,24). The fourth-order valence-corrected chi connectivity index (χ4v) is 5.96. The number of carbonyl (C=O) groups is 2. The smallest absolute Gasteiger partial charge is 0.354 e. The van der Waals surface area contributed by atoms with Gasteiger partial charge in [-0.25, -0.2) is 13.2 Å². The average molecular weight is 426 g/mol. The third-order valence-electron chi connectivity index (χ3n) is 5.78. The summed E-state index contributed by atoms with van der Waals surface area (Å²) in [5.41, 5.74) is 0.170. The molecular weight excluding hydrogens is 394 g/mol. The molecule has 1 unspecified atom stereocenters. The maximum atomic E-state index is 13.2. The summed E-state index contributed by atoms with van der Waals surface area (Å²) in [5, 5.41) is 3.08. The molecule has 0 aromatic carbocycles. The lowest BCUT2D eigenvalue weighted by Crippen LogP contribution is -2.48. The van der Waals surface area contributed by atoms with E-state index in [1.165, 1.54) is 34.0 Å². The van der Waals surface area contributed by atoms with Crippen LogP contribution in [0.2, 0.25) is 0 Å². The fraction of sp³-hybridized carbons (Fsp3) is 0.700. The number of hydrogen-bond donors (Lipinski definition) is 1. The maximum absolute atomic E-state index is 13.2. The summed E-state index contributed by atoms with van der Waals surface area (Å²) in [4.78, 5) is 24.9. The van der Waals surface area contributed by atoms with Crippen LogP contribution in [0, 0.1) is 0 Å².